The Morgan fingerprint density at radius 3 is 0.716 bits per heavy atom. The molecule has 17 rings (SSSR count). The summed E-state index contributed by atoms with van der Waals surface area (Å²) in [7, 11) is 0. The van der Waals surface area contributed by atoms with Crippen LogP contribution < -0.4 is 0 Å². The van der Waals surface area contributed by atoms with Crippen molar-refractivity contribution < 1.29 is 0 Å². The Morgan fingerprint density at radius 2 is 0.386 bits per heavy atom. The molecule has 0 atom stereocenters. The highest BCUT2D eigenvalue weighted by Crippen LogP contribution is 2.48. The number of fused-ring (bicyclic) bond motifs is 8. The highest BCUT2D eigenvalue weighted by Gasteiger charge is 2.22. The lowest BCUT2D eigenvalue weighted by Crippen LogP contribution is -1.94. The van der Waals surface area contributed by atoms with E-state index in [1.165, 1.54) is 154 Å². The second-order valence-electron chi connectivity index (χ2n) is 23.1. The minimum atomic E-state index is 1.14. The maximum absolute atomic E-state index is 2.46. The maximum Gasteiger partial charge on any atom is 0.0541 e. The molecule has 0 aliphatic heterocycles. The van der Waals surface area contributed by atoms with Crippen LogP contribution in [-0.4, -0.2) is 9.13 Å². The standard InChI is InChI=1S/C86H56N2/c1-7-23-57(24-8-1)69-35-19-21-37-71(69)65-43-49-83-77(55-65)75-51-63(41-47-81(75)87(83)67-31-15-5-16-32-67)61-39-45-73-79(53-61)85(59-27-11-3-12-28-59)74-46-40-62(54-80(74)86(73)60-29-13-4-14-30-60)64-42-48-82-76(52-64)78-56-66(44-50-84(78)88(82)68-33-17-6-18-34-68)72-38-22-20-36-70(72)58-25-9-2-10-26-58/h1-56H. The third-order valence-corrected chi connectivity index (χ3v) is 18.1. The number of aromatic nitrogens is 2. The van der Waals surface area contributed by atoms with Gasteiger partial charge in [-0.05, 0) is 195 Å². The molecule has 0 aliphatic rings. The largest absolute Gasteiger partial charge is 0.309 e. The molecule has 15 aromatic carbocycles. The van der Waals surface area contributed by atoms with E-state index < -0.39 is 0 Å². The molecule has 0 saturated carbocycles. The fraction of sp³-hybridized carbons (Fsp3) is 0. The molecule has 0 fully saturated rings. The third kappa shape index (κ3) is 8.56. The van der Waals surface area contributed by atoms with E-state index in [1.54, 1.807) is 0 Å². The van der Waals surface area contributed by atoms with Crippen LogP contribution in [0.5, 0.6) is 0 Å². The van der Waals surface area contributed by atoms with Gasteiger partial charge in [-0.15, -0.1) is 0 Å². The van der Waals surface area contributed by atoms with Crippen LogP contribution in [0.25, 0.3) is 166 Å². The second kappa shape index (κ2) is 21.2. The van der Waals surface area contributed by atoms with Crippen LogP contribution in [0.3, 0.4) is 0 Å². The highest BCUT2D eigenvalue weighted by molar-refractivity contribution is 6.23. The zero-order valence-corrected chi connectivity index (χ0v) is 48.2. The van der Waals surface area contributed by atoms with E-state index in [0.29, 0.717) is 0 Å². The number of hydrogen-bond donors (Lipinski definition) is 0. The summed E-state index contributed by atoms with van der Waals surface area (Å²) in [5, 5.41) is 9.73. The second-order valence-corrected chi connectivity index (χ2v) is 23.1. The van der Waals surface area contributed by atoms with Gasteiger partial charge in [0.2, 0.25) is 0 Å². The molecule has 88 heavy (non-hydrogen) atoms. The van der Waals surface area contributed by atoms with Gasteiger partial charge in [0.15, 0.2) is 0 Å². The molecule has 410 valence electrons. The van der Waals surface area contributed by atoms with Crippen LogP contribution in [0.15, 0.2) is 340 Å². The lowest BCUT2D eigenvalue weighted by atomic mass is 9.84. The van der Waals surface area contributed by atoms with Crippen LogP contribution >= 0.6 is 0 Å². The van der Waals surface area contributed by atoms with Crippen LogP contribution in [0.4, 0.5) is 0 Å². The number of rotatable bonds is 10. The molecule has 2 heterocycles. The third-order valence-electron chi connectivity index (χ3n) is 18.1. The van der Waals surface area contributed by atoms with Crippen LogP contribution in [-0.2, 0) is 0 Å². The Kier molecular flexibility index (Phi) is 12.3. The van der Waals surface area contributed by atoms with E-state index in [9.17, 15) is 0 Å². The lowest BCUT2D eigenvalue weighted by Gasteiger charge is -2.20. The van der Waals surface area contributed by atoms with Crippen molar-refractivity contribution >= 4 is 65.2 Å². The summed E-state index contributed by atoms with van der Waals surface area (Å²) >= 11 is 0. The minimum absolute atomic E-state index is 1.14. The van der Waals surface area contributed by atoms with Crippen molar-refractivity contribution in [3.05, 3.63) is 340 Å². The molecule has 0 N–H and O–H groups in total. The van der Waals surface area contributed by atoms with Crippen molar-refractivity contribution in [2.45, 2.75) is 0 Å². The Bertz CT molecular complexity index is 5160. The first-order valence-corrected chi connectivity index (χ1v) is 30.4. The molecule has 0 saturated heterocycles. The number of para-hydroxylation sites is 2. The Balaban J connectivity index is 0.856. The average Bonchev–Trinajstić information content (AvgIpc) is 1.40. The van der Waals surface area contributed by atoms with E-state index in [2.05, 4.69) is 349 Å². The van der Waals surface area contributed by atoms with Gasteiger partial charge >= 0.3 is 0 Å². The first-order valence-electron chi connectivity index (χ1n) is 30.4. The van der Waals surface area contributed by atoms with E-state index >= 15 is 0 Å². The maximum atomic E-state index is 2.46. The van der Waals surface area contributed by atoms with Gasteiger partial charge < -0.3 is 9.13 Å². The van der Waals surface area contributed by atoms with E-state index in [1.807, 2.05) is 0 Å². The lowest BCUT2D eigenvalue weighted by molar-refractivity contribution is 1.18. The Hall–Kier alpha value is -11.6. The zero-order valence-electron chi connectivity index (χ0n) is 48.2. The van der Waals surface area contributed by atoms with Gasteiger partial charge in [-0.2, -0.15) is 0 Å². The Morgan fingerprint density at radius 1 is 0.148 bits per heavy atom. The molecular formula is C86H56N2. The molecule has 0 aliphatic carbocycles. The van der Waals surface area contributed by atoms with Crippen LogP contribution in [0.1, 0.15) is 0 Å². The Labute approximate surface area is 511 Å². The fourth-order valence-corrected chi connectivity index (χ4v) is 14.1. The summed E-state index contributed by atoms with van der Waals surface area (Å²) in [5.41, 5.74) is 26.2. The average molecular weight is 1120 g/mol. The smallest absolute Gasteiger partial charge is 0.0541 e. The fourth-order valence-electron chi connectivity index (χ4n) is 14.1. The van der Waals surface area contributed by atoms with Gasteiger partial charge in [0.05, 0.1) is 22.1 Å². The summed E-state index contributed by atoms with van der Waals surface area (Å²) in [6, 6.07) is 125. The van der Waals surface area contributed by atoms with Crippen molar-refractivity contribution in [3.8, 4) is 100 Å². The summed E-state index contributed by atoms with van der Waals surface area (Å²) in [4.78, 5) is 0. The number of hydrogen-bond acceptors (Lipinski definition) is 0. The van der Waals surface area contributed by atoms with Crippen LogP contribution in [0.2, 0.25) is 0 Å². The van der Waals surface area contributed by atoms with Crippen molar-refractivity contribution in [2.75, 3.05) is 0 Å². The van der Waals surface area contributed by atoms with Crippen molar-refractivity contribution in [2.24, 2.45) is 0 Å². The molecule has 0 radical (unpaired) electrons. The van der Waals surface area contributed by atoms with Gasteiger partial charge in [0, 0.05) is 32.9 Å². The molecule has 0 spiro atoms. The highest BCUT2D eigenvalue weighted by atomic mass is 15.0. The van der Waals surface area contributed by atoms with Gasteiger partial charge in [-0.1, -0.05) is 255 Å². The van der Waals surface area contributed by atoms with Gasteiger partial charge in [-0.3, -0.25) is 0 Å². The van der Waals surface area contributed by atoms with Crippen molar-refractivity contribution in [1.82, 2.24) is 9.13 Å². The van der Waals surface area contributed by atoms with E-state index in [4.69, 9.17) is 0 Å². The topological polar surface area (TPSA) is 9.86 Å². The summed E-state index contributed by atoms with van der Waals surface area (Å²) in [6.07, 6.45) is 0. The molecule has 2 nitrogen and oxygen atoms in total. The first-order chi connectivity index (χ1) is 43.7. The minimum Gasteiger partial charge on any atom is -0.309 e. The van der Waals surface area contributed by atoms with Crippen LogP contribution in [0, 0.1) is 0 Å². The molecular weight excluding hydrogens is 1060 g/mol. The van der Waals surface area contributed by atoms with Gasteiger partial charge in [-0.25, -0.2) is 0 Å². The summed E-state index contributed by atoms with van der Waals surface area (Å²) in [6.45, 7) is 0. The number of benzene rings is 15. The predicted octanol–water partition coefficient (Wildman–Crippen LogP) is 23.5. The normalized spacial score (nSPS) is 11.6. The quantitative estimate of drug-likeness (QED) is 0.121. The molecule has 0 bridgehead atoms. The predicted molar refractivity (Wildman–Crippen MR) is 374 cm³/mol. The van der Waals surface area contributed by atoms with Gasteiger partial charge in [0.1, 0.15) is 0 Å². The molecule has 0 unspecified atom stereocenters. The summed E-state index contributed by atoms with van der Waals surface area (Å²) in [5.74, 6) is 0. The zero-order chi connectivity index (χ0) is 58.1. The molecule has 0 amide bonds. The van der Waals surface area contributed by atoms with E-state index in [0.717, 1.165) is 11.4 Å². The monoisotopic (exact) mass is 1120 g/mol. The van der Waals surface area contributed by atoms with Crippen molar-refractivity contribution in [3.63, 3.8) is 0 Å². The SMILES string of the molecule is c1ccc(-c2ccccc2-c2ccc3c(c2)c2cc(-c4ccc5c(-c6ccccc6)c6cc(-c7ccc8c(c7)c7cc(-c9ccccc9-c9ccccc9)ccc7n8-c7ccccc7)ccc6c(-c6ccccc6)c5c4)ccc2n3-c2ccccc2)cc1. The molecule has 2 aromatic heterocycles. The van der Waals surface area contributed by atoms with E-state index in [-0.39, 0.29) is 0 Å². The number of nitrogens with zero attached hydrogens (tertiary/aromatic N) is 2. The molecule has 2 heteroatoms. The molecule has 17 aromatic rings. The first kappa shape index (κ1) is 50.9. The summed E-state index contributed by atoms with van der Waals surface area (Å²) < 4.78 is 4.85. The van der Waals surface area contributed by atoms with Crippen molar-refractivity contribution in [1.29, 1.82) is 0 Å². The van der Waals surface area contributed by atoms with Gasteiger partial charge in [0.25, 0.3) is 0 Å².